The predicted molar refractivity (Wildman–Crippen MR) is 83.4 cm³/mol. The fourth-order valence-corrected chi connectivity index (χ4v) is 3.43. The van der Waals surface area contributed by atoms with Gasteiger partial charge in [-0.2, -0.15) is 0 Å². The van der Waals surface area contributed by atoms with Crippen LogP contribution in [0.1, 0.15) is 30.9 Å². The van der Waals surface area contributed by atoms with Crippen LogP contribution in [0.25, 0.3) is 0 Å². The Hall–Kier alpha value is -1.10. The molecule has 0 amide bonds. The molecule has 2 N–H and O–H groups in total. The van der Waals surface area contributed by atoms with Crippen LogP contribution in [0.5, 0.6) is 5.75 Å². The van der Waals surface area contributed by atoms with E-state index < -0.39 is 0 Å². The number of nitrogens with two attached hydrogens (primary N) is 1. The fourth-order valence-electron chi connectivity index (χ4n) is 3.43. The van der Waals surface area contributed by atoms with Crippen molar-refractivity contribution in [1.82, 2.24) is 4.90 Å². The Balaban J connectivity index is 1.61. The third-order valence-corrected chi connectivity index (χ3v) is 4.65. The molecular weight excluding hydrogens is 264 g/mol. The second-order valence-electron chi connectivity index (χ2n) is 6.32. The lowest BCUT2D eigenvalue weighted by molar-refractivity contribution is 0.00742. The molecule has 1 aromatic carbocycles. The van der Waals surface area contributed by atoms with E-state index in [1.807, 2.05) is 0 Å². The van der Waals surface area contributed by atoms with E-state index in [0.29, 0.717) is 18.6 Å². The molecule has 0 bridgehead atoms. The molecule has 116 valence electrons. The second kappa shape index (κ2) is 6.77. The summed E-state index contributed by atoms with van der Waals surface area (Å²) < 4.78 is 11.4. The molecule has 0 aliphatic carbocycles. The van der Waals surface area contributed by atoms with Crippen LogP contribution in [-0.4, -0.2) is 44.4 Å². The van der Waals surface area contributed by atoms with Crippen LogP contribution in [-0.2, 0) is 4.74 Å². The third-order valence-electron chi connectivity index (χ3n) is 4.65. The molecule has 4 nitrogen and oxygen atoms in total. The Labute approximate surface area is 127 Å². The molecule has 2 aliphatic heterocycles. The molecule has 0 spiro atoms. The number of rotatable bonds is 4. The standard InChI is InChI=1S/C17H26N2O2/c1-19-11-13(10-18)9-17(19)14-4-6-15(7-5-14)21-16-3-2-8-20-12-16/h4-7,13,16-17H,2-3,8-12,18H2,1H3. The third kappa shape index (κ3) is 3.57. The first-order chi connectivity index (χ1) is 10.3. The van der Waals surface area contributed by atoms with Crippen molar-refractivity contribution in [1.29, 1.82) is 0 Å². The Morgan fingerprint density at radius 2 is 2.14 bits per heavy atom. The maximum absolute atomic E-state index is 5.98. The molecule has 0 radical (unpaired) electrons. The van der Waals surface area contributed by atoms with Crippen LogP contribution in [0.4, 0.5) is 0 Å². The summed E-state index contributed by atoms with van der Waals surface area (Å²) in [7, 11) is 2.18. The zero-order valence-corrected chi connectivity index (χ0v) is 12.8. The fraction of sp³-hybridized carbons (Fsp3) is 0.647. The first-order valence-electron chi connectivity index (χ1n) is 8.01. The van der Waals surface area contributed by atoms with Crippen LogP contribution in [0, 0.1) is 5.92 Å². The summed E-state index contributed by atoms with van der Waals surface area (Å²) in [6, 6.07) is 9.06. The lowest BCUT2D eigenvalue weighted by atomic mass is 10.00. The Morgan fingerprint density at radius 3 is 2.76 bits per heavy atom. The molecule has 4 heteroatoms. The summed E-state index contributed by atoms with van der Waals surface area (Å²) in [5.74, 6) is 1.57. The maximum Gasteiger partial charge on any atom is 0.122 e. The van der Waals surface area contributed by atoms with E-state index in [1.165, 1.54) is 5.56 Å². The molecule has 2 saturated heterocycles. The molecule has 2 aliphatic rings. The summed E-state index contributed by atoms with van der Waals surface area (Å²) in [6.07, 6.45) is 3.55. The van der Waals surface area contributed by atoms with E-state index in [0.717, 1.165) is 44.7 Å². The van der Waals surface area contributed by atoms with Gasteiger partial charge in [0.1, 0.15) is 11.9 Å². The monoisotopic (exact) mass is 290 g/mol. The van der Waals surface area contributed by atoms with Gasteiger partial charge >= 0.3 is 0 Å². The smallest absolute Gasteiger partial charge is 0.122 e. The Bertz CT molecular complexity index is 443. The van der Waals surface area contributed by atoms with Gasteiger partial charge in [0, 0.05) is 19.2 Å². The minimum Gasteiger partial charge on any atom is -0.488 e. The van der Waals surface area contributed by atoms with Gasteiger partial charge in [0.15, 0.2) is 0 Å². The van der Waals surface area contributed by atoms with Crippen LogP contribution < -0.4 is 10.5 Å². The molecule has 1 aromatic rings. The number of hydrogen-bond donors (Lipinski definition) is 1. The minimum absolute atomic E-state index is 0.209. The van der Waals surface area contributed by atoms with Gasteiger partial charge in [-0.25, -0.2) is 0 Å². The summed E-state index contributed by atoms with van der Waals surface area (Å²) in [5, 5.41) is 0. The zero-order chi connectivity index (χ0) is 14.7. The Morgan fingerprint density at radius 1 is 1.33 bits per heavy atom. The van der Waals surface area contributed by atoms with Crippen molar-refractivity contribution in [2.24, 2.45) is 11.7 Å². The minimum atomic E-state index is 0.209. The molecule has 3 rings (SSSR count). The summed E-state index contributed by atoms with van der Waals surface area (Å²) in [6.45, 7) is 3.46. The molecule has 0 saturated carbocycles. The van der Waals surface area contributed by atoms with Gasteiger partial charge in [-0.05, 0) is 56.5 Å². The lowest BCUT2D eigenvalue weighted by Gasteiger charge is -2.24. The highest BCUT2D eigenvalue weighted by Crippen LogP contribution is 2.34. The maximum atomic E-state index is 5.98. The molecule has 2 heterocycles. The van der Waals surface area contributed by atoms with E-state index in [-0.39, 0.29) is 6.10 Å². The van der Waals surface area contributed by atoms with Gasteiger partial charge in [-0.15, -0.1) is 0 Å². The molecule has 3 unspecified atom stereocenters. The number of ether oxygens (including phenoxy) is 2. The highest BCUT2D eigenvalue weighted by atomic mass is 16.5. The lowest BCUT2D eigenvalue weighted by Crippen LogP contribution is -2.28. The van der Waals surface area contributed by atoms with Gasteiger partial charge in [0.25, 0.3) is 0 Å². The first-order valence-corrected chi connectivity index (χ1v) is 8.01. The summed E-state index contributed by atoms with van der Waals surface area (Å²) >= 11 is 0. The molecular formula is C17H26N2O2. The van der Waals surface area contributed by atoms with E-state index >= 15 is 0 Å². The topological polar surface area (TPSA) is 47.7 Å². The van der Waals surface area contributed by atoms with Crippen molar-refractivity contribution in [3.05, 3.63) is 29.8 Å². The number of likely N-dealkylation sites (tertiary alicyclic amines) is 1. The van der Waals surface area contributed by atoms with E-state index in [1.54, 1.807) is 0 Å². The highest BCUT2D eigenvalue weighted by molar-refractivity contribution is 5.30. The van der Waals surface area contributed by atoms with Crippen LogP contribution >= 0.6 is 0 Å². The average Bonchev–Trinajstić information content (AvgIpc) is 2.90. The normalized spacial score (nSPS) is 30.5. The number of benzene rings is 1. The number of hydrogen-bond acceptors (Lipinski definition) is 4. The molecule has 2 fully saturated rings. The van der Waals surface area contributed by atoms with Crippen LogP contribution in [0.2, 0.25) is 0 Å². The van der Waals surface area contributed by atoms with E-state index in [9.17, 15) is 0 Å². The van der Waals surface area contributed by atoms with Gasteiger partial charge in [0.05, 0.1) is 6.61 Å². The zero-order valence-electron chi connectivity index (χ0n) is 12.8. The van der Waals surface area contributed by atoms with Crippen molar-refractivity contribution in [3.8, 4) is 5.75 Å². The molecule has 3 atom stereocenters. The number of nitrogens with zero attached hydrogens (tertiary/aromatic N) is 1. The van der Waals surface area contributed by atoms with Gasteiger partial charge in [-0.1, -0.05) is 12.1 Å². The SMILES string of the molecule is CN1CC(CN)CC1c1ccc(OC2CCCOC2)cc1. The van der Waals surface area contributed by atoms with E-state index in [2.05, 4.69) is 36.2 Å². The summed E-state index contributed by atoms with van der Waals surface area (Å²) in [5.41, 5.74) is 7.17. The summed E-state index contributed by atoms with van der Waals surface area (Å²) in [4.78, 5) is 2.41. The van der Waals surface area contributed by atoms with Gasteiger partial charge in [0.2, 0.25) is 0 Å². The quantitative estimate of drug-likeness (QED) is 0.923. The van der Waals surface area contributed by atoms with Crippen molar-refractivity contribution >= 4 is 0 Å². The van der Waals surface area contributed by atoms with Crippen molar-refractivity contribution in [2.45, 2.75) is 31.4 Å². The average molecular weight is 290 g/mol. The predicted octanol–water partition coefficient (Wildman–Crippen LogP) is 2.20. The molecule has 21 heavy (non-hydrogen) atoms. The van der Waals surface area contributed by atoms with E-state index in [4.69, 9.17) is 15.2 Å². The van der Waals surface area contributed by atoms with Crippen molar-refractivity contribution < 1.29 is 9.47 Å². The Kier molecular flexibility index (Phi) is 4.78. The first kappa shape index (κ1) is 14.8. The second-order valence-corrected chi connectivity index (χ2v) is 6.32. The van der Waals surface area contributed by atoms with Crippen LogP contribution in [0.3, 0.4) is 0 Å². The van der Waals surface area contributed by atoms with Crippen molar-refractivity contribution in [2.75, 3.05) is 33.4 Å². The van der Waals surface area contributed by atoms with Gasteiger partial charge in [-0.3, -0.25) is 4.90 Å². The largest absolute Gasteiger partial charge is 0.488 e. The highest BCUT2D eigenvalue weighted by Gasteiger charge is 2.29. The van der Waals surface area contributed by atoms with Gasteiger partial charge < -0.3 is 15.2 Å². The van der Waals surface area contributed by atoms with Crippen molar-refractivity contribution in [3.63, 3.8) is 0 Å². The molecule has 0 aromatic heterocycles. The van der Waals surface area contributed by atoms with Crippen LogP contribution in [0.15, 0.2) is 24.3 Å².